The summed E-state index contributed by atoms with van der Waals surface area (Å²) < 4.78 is 15.8. The summed E-state index contributed by atoms with van der Waals surface area (Å²) in [6.45, 7) is 2.18. The minimum Gasteiger partial charge on any atom is -0.394 e. The molecule has 1 saturated heterocycles. The highest BCUT2D eigenvalue weighted by molar-refractivity contribution is 4.88. The van der Waals surface area contributed by atoms with E-state index in [0.29, 0.717) is 6.61 Å². The summed E-state index contributed by atoms with van der Waals surface area (Å²) in [6, 6.07) is 0. The van der Waals surface area contributed by atoms with Gasteiger partial charge in [-0.25, -0.2) is 0 Å². The molecule has 0 aliphatic carbocycles. The van der Waals surface area contributed by atoms with Gasteiger partial charge in [-0.3, -0.25) is 0 Å². The van der Waals surface area contributed by atoms with E-state index >= 15 is 0 Å². The average molecular weight is 366 g/mol. The SMILES string of the molecule is CCCCCCCCOCC(O)CO[C@@H]1O[C@H](CO)[C@@H](O)[C@H](O)[C@@H]1O. The van der Waals surface area contributed by atoms with E-state index in [2.05, 4.69) is 6.92 Å². The third kappa shape index (κ3) is 8.27. The quantitative estimate of drug-likeness (QED) is 0.277. The van der Waals surface area contributed by atoms with Crippen molar-refractivity contribution in [2.75, 3.05) is 26.4 Å². The summed E-state index contributed by atoms with van der Waals surface area (Å²) in [4.78, 5) is 0. The van der Waals surface area contributed by atoms with Crippen molar-refractivity contribution in [3.63, 3.8) is 0 Å². The number of ether oxygens (including phenoxy) is 3. The van der Waals surface area contributed by atoms with Crippen LogP contribution in [0.15, 0.2) is 0 Å². The Kier molecular flexibility index (Phi) is 11.8. The Labute approximate surface area is 149 Å². The summed E-state index contributed by atoms with van der Waals surface area (Å²) in [5.41, 5.74) is 0. The second kappa shape index (κ2) is 12.9. The lowest BCUT2D eigenvalue weighted by molar-refractivity contribution is -0.305. The van der Waals surface area contributed by atoms with Crippen molar-refractivity contribution < 1.29 is 39.7 Å². The van der Waals surface area contributed by atoms with E-state index in [1.165, 1.54) is 25.7 Å². The van der Waals surface area contributed by atoms with Gasteiger partial charge in [0.15, 0.2) is 6.29 Å². The molecule has 0 radical (unpaired) electrons. The summed E-state index contributed by atoms with van der Waals surface area (Å²) >= 11 is 0. The maximum atomic E-state index is 9.83. The molecule has 0 amide bonds. The van der Waals surface area contributed by atoms with Crippen molar-refractivity contribution in [2.45, 2.75) is 82.3 Å². The molecule has 1 heterocycles. The van der Waals surface area contributed by atoms with Crippen LogP contribution in [-0.2, 0) is 14.2 Å². The average Bonchev–Trinajstić information content (AvgIpc) is 2.61. The molecule has 0 aromatic carbocycles. The fourth-order valence-electron chi connectivity index (χ4n) is 2.66. The predicted molar refractivity (Wildman–Crippen MR) is 89.9 cm³/mol. The molecule has 1 rings (SSSR count). The van der Waals surface area contributed by atoms with E-state index in [9.17, 15) is 20.4 Å². The summed E-state index contributed by atoms with van der Waals surface area (Å²) in [5, 5.41) is 48.1. The van der Waals surface area contributed by atoms with E-state index in [1.807, 2.05) is 0 Å². The van der Waals surface area contributed by atoms with Crippen LogP contribution in [0.5, 0.6) is 0 Å². The normalized spacial score (nSPS) is 31.2. The summed E-state index contributed by atoms with van der Waals surface area (Å²) in [6.07, 6.45) is -0.559. The molecule has 0 saturated carbocycles. The number of hydrogen-bond donors (Lipinski definition) is 5. The van der Waals surface area contributed by atoms with Crippen molar-refractivity contribution in [3.8, 4) is 0 Å². The van der Waals surface area contributed by atoms with Crippen molar-refractivity contribution >= 4 is 0 Å². The van der Waals surface area contributed by atoms with Gasteiger partial charge in [-0.05, 0) is 6.42 Å². The minimum absolute atomic E-state index is 0.104. The fraction of sp³-hybridized carbons (Fsp3) is 1.00. The van der Waals surface area contributed by atoms with Gasteiger partial charge >= 0.3 is 0 Å². The van der Waals surface area contributed by atoms with Gasteiger partial charge in [-0.1, -0.05) is 39.0 Å². The van der Waals surface area contributed by atoms with Crippen molar-refractivity contribution in [1.82, 2.24) is 0 Å². The Morgan fingerprint density at radius 3 is 2.28 bits per heavy atom. The molecule has 0 aromatic rings. The van der Waals surface area contributed by atoms with Gasteiger partial charge in [0, 0.05) is 6.61 Å². The molecule has 8 nitrogen and oxygen atoms in total. The molecule has 1 aliphatic rings. The van der Waals surface area contributed by atoms with Crippen LogP contribution in [-0.4, -0.2) is 88.8 Å². The standard InChI is InChI=1S/C17H34O8/c1-2-3-4-5-6-7-8-23-10-12(19)11-24-17-16(22)15(21)14(20)13(9-18)25-17/h12-22H,2-11H2,1H3/t12?,13-,14-,15+,16+,17-/m1/s1. The Balaban J connectivity index is 2.13. The zero-order valence-electron chi connectivity index (χ0n) is 15.0. The highest BCUT2D eigenvalue weighted by Crippen LogP contribution is 2.22. The van der Waals surface area contributed by atoms with Crippen LogP contribution < -0.4 is 0 Å². The van der Waals surface area contributed by atoms with E-state index in [1.54, 1.807) is 0 Å². The second-order valence-corrected chi connectivity index (χ2v) is 6.53. The molecule has 0 aromatic heterocycles. The van der Waals surface area contributed by atoms with Gasteiger partial charge in [0.05, 0.1) is 19.8 Å². The zero-order valence-corrected chi connectivity index (χ0v) is 15.0. The lowest BCUT2D eigenvalue weighted by Crippen LogP contribution is -2.59. The number of rotatable bonds is 13. The van der Waals surface area contributed by atoms with Gasteiger partial charge in [-0.2, -0.15) is 0 Å². The van der Waals surface area contributed by atoms with E-state index in [0.717, 1.165) is 12.8 Å². The highest BCUT2D eigenvalue weighted by atomic mass is 16.7. The van der Waals surface area contributed by atoms with Crippen LogP contribution in [0.4, 0.5) is 0 Å². The van der Waals surface area contributed by atoms with Crippen LogP contribution >= 0.6 is 0 Å². The Morgan fingerprint density at radius 2 is 1.60 bits per heavy atom. The Morgan fingerprint density at radius 1 is 0.920 bits per heavy atom. The molecular formula is C17H34O8. The molecule has 0 bridgehead atoms. The van der Waals surface area contributed by atoms with E-state index < -0.39 is 43.4 Å². The summed E-state index contributed by atoms with van der Waals surface area (Å²) in [5.74, 6) is 0. The fourth-order valence-corrected chi connectivity index (χ4v) is 2.66. The first-order valence-electron chi connectivity index (χ1n) is 9.19. The van der Waals surface area contributed by atoms with Crippen molar-refractivity contribution in [2.24, 2.45) is 0 Å². The molecule has 1 aliphatic heterocycles. The van der Waals surface area contributed by atoms with Crippen molar-refractivity contribution in [3.05, 3.63) is 0 Å². The van der Waals surface area contributed by atoms with Crippen LogP contribution in [0.3, 0.4) is 0 Å². The van der Waals surface area contributed by atoms with Crippen molar-refractivity contribution in [1.29, 1.82) is 0 Å². The maximum Gasteiger partial charge on any atom is 0.186 e. The van der Waals surface area contributed by atoms with Gasteiger partial charge in [-0.15, -0.1) is 0 Å². The van der Waals surface area contributed by atoms with Crippen LogP contribution in [0.1, 0.15) is 45.4 Å². The zero-order chi connectivity index (χ0) is 18.7. The van der Waals surface area contributed by atoms with E-state index in [4.69, 9.17) is 19.3 Å². The lowest BCUT2D eigenvalue weighted by Gasteiger charge is -2.39. The summed E-state index contributed by atoms with van der Waals surface area (Å²) in [7, 11) is 0. The molecule has 0 spiro atoms. The smallest absolute Gasteiger partial charge is 0.186 e. The molecule has 1 fully saturated rings. The number of aliphatic hydroxyl groups excluding tert-OH is 5. The minimum atomic E-state index is -1.49. The van der Waals surface area contributed by atoms with Gasteiger partial charge in [0.2, 0.25) is 0 Å². The largest absolute Gasteiger partial charge is 0.394 e. The third-order valence-corrected chi connectivity index (χ3v) is 4.25. The molecule has 8 heteroatoms. The lowest BCUT2D eigenvalue weighted by atomic mass is 9.99. The molecule has 150 valence electrons. The van der Waals surface area contributed by atoms with Crippen LogP contribution in [0.25, 0.3) is 0 Å². The number of aliphatic hydroxyl groups is 5. The topological polar surface area (TPSA) is 129 Å². The first-order valence-corrected chi connectivity index (χ1v) is 9.19. The molecular weight excluding hydrogens is 332 g/mol. The maximum absolute atomic E-state index is 9.83. The molecule has 25 heavy (non-hydrogen) atoms. The third-order valence-electron chi connectivity index (χ3n) is 4.25. The molecule has 1 unspecified atom stereocenters. The predicted octanol–water partition coefficient (Wildman–Crippen LogP) is -0.459. The van der Waals surface area contributed by atoms with Gasteiger partial charge in [0.25, 0.3) is 0 Å². The highest BCUT2D eigenvalue weighted by Gasteiger charge is 2.44. The second-order valence-electron chi connectivity index (χ2n) is 6.53. The molecule has 5 N–H and O–H groups in total. The van der Waals surface area contributed by atoms with Crippen LogP contribution in [0.2, 0.25) is 0 Å². The first kappa shape index (κ1) is 22.7. The number of unbranched alkanes of at least 4 members (excludes halogenated alkanes) is 5. The Hall–Kier alpha value is -0.320. The first-order chi connectivity index (χ1) is 12.0. The Bertz CT molecular complexity index is 328. The van der Waals surface area contributed by atoms with Gasteiger partial charge in [0.1, 0.15) is 30.5 Å². The van der Waals surface area contributed by atoms with Crippen LogP contribution in [0, 0.1) is 0 Å². The van der Waals surface area contributed by atoms with Gasteiger partial charge < -0.3 is 39.7 Å². The molecule has 6 atom stereocenters. The monoisotopic (exact) mass is 366 g/mol. The number of hydrogen-bond acceptors (Lipinski definition) is 8. The van der Waals surface area contributed by atoms with E-state index in [-0.39, 0.29) is 13.2 Å².